The Morgan fingerprint density at radius 1 is 1.03 bits per heavy atom. The van der Waals surface area contributed by atoms with Gasteiger partial charge in [-0.1, -0.05) is 30.1 Å². The fourth-order valence-corrected chi connectivity index (χ4v) is 3.69. The molecule has 1 aliphatic heterocycles. The van der Waals surface area contributed by atoms with Gasteiger partial charge in [0.15, 0.2) is 0 Å². The molecule has 29 heavy (non-hydrogen) atoms. The Morgan fingerprint density at radius 2 is 1.79 bits per heavy atom. The van der Waals surface area contributed by atoms with Crippen molar-refractivity contribution in [2.75, 3.05) is 35.2 Å². The minimum absolute atomic E-state index is 0.140. The number of halogens is 2. The second kappa shape index (κ2) is 9.85. The molecule has 1 saturated heterocycles. The third-order valence-corrected chi connectivity index (χ3v) is 5.21. The van der Waals surface area contributed by atoms with Crippen LogP contribution in [0.25, 0.3) is 0 Å². The minimum atomic E-state index is -0.455. The molecule has 3 amide bonds. The number of amides is 3. The summed E-state index contributed by atoms with van der Waals surface area (Å²) in [6, 6.07) is 9.77. The molecule has 1 heterocycles. The molecule has 3 rings (SSSR count). The highest BCUT2D eigenvalue weighted by molar-refractivity contribution is 6.36. The molecule has 0 radical (unpaired) electrons. The van der Waals surface area contributed by atoms with E-state index >= 15 is 0 Å². The zero-order valence-corrected chi connectivity index (χ0v) is 17.7. The molecule has 6 nitrogen and oxygen atoms in total. The van der Waals surface area contributed by atoms with Gasteiger partial charge in [0.25, 0.3) is 5.91 Å². The van der Waals surface area contributed by atoms with Crippen LogP contribution in [0.5, 0.6) is 0 Å². The molecule has 1 aliphatic rings. The van der Waals surface area contributed by atoms with Gasteiger partial charge in [-0.3, -0.25) is 4.79 Å². The second-order valence-electron chi connectivity index (χ2n) is 6.89. The van der Waals surface area contributed by atoms with Crippen molar-refractivity contribution in [1.29, 1.82) is 0 Å². The molecular weight excluding hydrogens is 411 g/mol. The third-order valence-electron chi connectivity index (χ3n) is 4.66. The Morgan fingerprint density at radius 3 is 2.48 bits per heavy atom. The summed E-state index contributed by atoms with van der Waals surface area (Å²) in [6.45, 7) is 4.46. The Bertz CT molecular complexity index is 898. The van der Waals surface area contributed by atoms with Crippen LogP contribution >= 0.6 is 23.2 Å². The van der Waals surface area contributed by atoms with Gasteiger partial charge in [0, 0.05) is 36.0 Å². The van der Waals surface area contributed by atoms with Gasteiger partial charge < -0.3 is 20.9 Å². The fourth-order valence-electron chi connectivity index (χ4n) is 3.24. The van der Waals surface area contributed by atoms with Crippen LogP contribution in [-0.2, 0) is 0 Å². The van der Waals surface area contributed by atoms with Crippen molar-refractivity contribution >= 4 is 52.2 Å². The molecule has 0 aromatic heterocycles. The zero-order chi connectivity index (χ0) is 20.8. The third kappa shape index (κ3) is 5.55. The Kier molecular flexibility index (Phi) is 7.23. The van der Waals surface area contributed by atoms with Gasteiger partial charge in [-0.25, -0.2) is 4.79 Å². The van der Waals surface area contributed by atoms with Crippen LogP contribution in [-0.4, -0.2) is 31.6 Å². The number of nitrogens with zero attached hydrogens (tertiary/aromatic N) is 1. The van der Waals surface area contributed by atoms with Crippen molar-refractivity contribution in [3.05, 3.63) is 52.0 Å². The maximum absolute atomic E-state index is 12.7. The standard InChI is InChI=1S/C21H24Cl2N4O2/c1-2-9-24-20(28)16-13-15(6-8-19(16)27-10-3-4-11-27)25-21(29)26-18-7-5-14(22)12-17(18)23/h5-8,12-13H,2-4,9-11H2,1H3,(H,24,28)(H2,25,26,29). The van der Waals surface area contributed by atoms with E-state index < -0.39 is 6.03 Å². The maximum Gasteiger partial charge on any atom is 0.323 e. The van der Waals surface area contributed by atoms with Crippen molar-refractivity contribution in [2.24, 2.45) is 0 Å². The zero-order valence-electron chi connectivity index (χ0n) is 16.2. The predicted molar refractivity (Wildman–Crippen MR) is 120 cm³/mol. The van der Waals surface area contributed by atoms with Crippen LogP contribution < -0.4 is 20.9 Å². The topological polar surface area (TPSA) is 73.5 Å². The normalized spacial score (nSPS) is 13.3. The molecule has 0 spiro atoms. The Hall–Kier alpha value is -2.44. The van der Waals surface area contributed by atoms with Crippen LogP contribution in [0.15, 0.2) is 36.4 Å². The van der Waals surface area contributed by atoms with Gasteiger partial charge in [0.1, 0.15) is 0 Å². The SMILES string of the molecule is CCCNC(=O)c1cc(NC(=O)Nc2ccc(Cl)cc2Cl)ccc1N1CCCC1. The van der Waals surface area contributed by atoms with Gasteiger partial charge in [-0.2, -0.15) is 0 Å². The summed E-state index contributed by atoms with van der Waals surface area (Å²) in [4.78, 5) is 27.3. The van der Waals surface area contributed by atoms with Crippen LogP contribution in [0.1, 0.15) is 36.5 Å². The first-order chi connectivity index (χ1) is 14.0. The summed E-state index contributed by atoms with van der Waals surface area (Å²) < 4.78 is 0. The molecule has 8 heteroatoms. The second-order valence-corrected chi connectivity index (χ2v) is 7.73. The van der Waals surface area contributed by atoms with E-state index in [9.17, 15) is 9.59 Å². The first-order valence-corrected chi connectivity index (χ1v) is 10.4. The highest BCUT2D eigenvalue weighted by Gasteiger charge is 2.20. The molecule has 0 unspecified atom stereocenters. The van der Waals surface area contributed by atoms with Crippen molar-refractivity contribution in [3.63, 3.8) is 0 Å². The van der Waals surface area contributed by atoms with E-state index in [0.717, 1.165) is 38.0 Å². The highest BCUT2D eigenvalue weighted by Crippen LogP contribution is 2.28. The predicted octanol–water partition coefficient (Wildman–Crippen LogP) is 5.38. The van der Waals surface area contributed by atoms with E-state index in [1.165, 1.54) is 0 Å². The van der Waals surface area contributed by atoms with E-state index in [1.807, 2.05) is 13.0 Å². The van der Waals surface area contributed by atoms with Crippen LogP contribution in [0.3, 0.4) is 0 Å². The van der Waals surface area contributed by atoms with Gasteiger partial charge >= 0.3 is 6.03 Å². The smallest absolute Gasteiger partial charge is 0.323 e. The molecule has 1 fully saturated rings. The number of hydrogen-bond acceptors (Lipinski definition) is 3. The number of rotatable bonds is 6. The van der Waals surface area contributed by atoms with Gasteiger partial charge in [0.2, 0.25) is 0 Å². The largest absolute Gasteiger partial charge is 0.371 e. The quantitative estimate of drug-likeness (QED) is 0.571. The van der Waals surface area contributed by atoms with E-state index in [1.54, 1.807) is 30.3 Å². The summed E-state index contributed by atoms with van der Waals surface area (Å²) in [5.41, 5.74) is 2.42. The van der Waals surface area contributed by atoms with E-state index in [0.29, 0.717) is 33.5 Å². The number of nitrogens with one attached hydrogen (secondary N) is 3. The molecule has 0 aliphatic carbocycles. The number of urea groups is 1. The monoisotopic (exact) mass is 434 g/mol. The summed E-state index contributed by atoms with van der Waals surface area (Å²) in [5.74, 6) is -0.140. The maximum atomic E-state index is 12.7. The lowest BCUT2D eigenvalue weighted by atomic mass is 10.1. The fraction of sp³-hybridized carbons (Fsp3) is 0.333. The van der Waals surface area contributed by atoms with Gasteiger partial charge in [-0.15, -0.1) is 0 Å². The van der Waals surface area contributed by atoms with Crippen molar-refractivity contribution in [1.82, 2.24) is 5.32 Å². The average Bonchev–Trinajstić information content (AvgIpc) is 3.23. The summed E-state index contributed by atoms with van der Waals surface area (Å²) in [6.07, 6.45) is 3.08. The van der Waals surface area contributed by atoms with Crippen LogP contribution in [0, 0.1) is 0 Å². The molecule has 3 N–H and O–H groups in total. The van der Waals surface area contributed by atoms with E-state index in [2.05, 4.69) is 20.9 Å². The summed E-state index contributed by atoms with van der Waals surface area (Å²) >= 11 is 12.0. The summed E-state index contributed by atoms with van der Waals surface area (Å²) in [5, 5.41) is 9.20. The lowest BCUT2D eigenvalue weighted by molar-refractivity contribution is 0.0954. The summed E-state index contributed by atoms with van der Waals surface area (Å²) in [7, 11) is 0. The van der Waals surface area contributed by atoms with E-state index in [4.69, 9.17) is 23.2 Å². The number of anilines is 3. The number of carbonyl (C=O) groups excluding carboxylic acids is 2. The van der Waals surface area contributed by atoms with Crippen LogP contribution in [0.4, 0.5) is 21.9 Å². The molecule has 154 valence electrons. The molecular formula is C21H24Cl2N4O2. The minimum Gasteiger partial charge on any atom is -0.371 e. The molecule has 0 saturated carbocycles. The number of carbonyl (C=O) groups is 2. The number of hydrogen-bond donors (Lipinski definition) is 3. The van der Waals surface area contributed by atoms with Crippen molar-refractivity contribution in [2.45, 2.75) is 26.2 Å². The van der Waals surface area contributed by atoms with Gasteiger partial charge in [-0.05, 0) is 55.7 Å². The lowest BCUT2D eigenvalue weighted by Crippen LogP contribution is -2.28. The van der Waals surface area contributed by atoms with E-state index in [-0.39, 0.29) is 5.91 Å². The average molecular weight is 435 g/mol. The first-order valence-electron chi connectivity index (χ1n) is 9.68. The van der Waals surface area contributed by atoms with Crippen molar-refractivity contribution < 1.29 is 9.59 Å². The first kappa shape index (κ1) is 21.3. The molecule has 2 aromatic carbocycles. The number of benzene rings is 2. The molecule has 0 atom stereocenters. The molecule has 0 bridgehead atoms. The Labute approximate surface area is 180 Å². The highest BCUT2D eigenvalue weighted by atomic mass is 35.5. The van der Waals surface area contributed by atoms with Gasteiger partial charge in [0.05, 0.1) is 16.3 Å². The Balaban J connectivity index is 1.77. The lowest BCUT2D eigenvalue weighted by Gasteiger charge is -2.22. The molecule has 2 aromatic rings. The van der Waals surface area contributed by atoms with Crippen LogP contribution in [0.2, 0.25) is 10.0 Å². The van der Waals surface area contributed by atoms with Crippen molar-refractivity contribution in [3.8, 4) is 0 Å².